The molecule has 174 valence electrons. The van der Waals surface area contributed by atoms with Crippen molar-refractivity contribution in [2.45, 2.75) is 56.5 Å². The number of amides is 2. The lowest BCUT2D eigenvalue weighted by Crippen LogP contribution is -2.50. The predicted molar refractivity (Wildman–Crippen MR) is 125 cm³/mol. The van der Waals surface area contributed by atoms with Crippen LogP contribution in [0.15, 0.2) is 47.4 Å². The van der Waals surface area contributed by atoms with Gasteiger partial charge in [0.2, 0.25) is 21.8 Å². The van der Waals surface area contributed by atoms with E-state index in [9.17, 15) is 18.0 Å². The normalized spacial score (nSPS) is 20.9. The largest absolute Gasteiger partial charge is 0.336 e. The number of rotatable bonds is 3. The molecule has 7 nitrogen and oxygen atoms in total. The molecule has 8 heteroatoms. The Balaban J connectivity index is 1.41. The molecule has 1 fully saturated rings. The molecule has 1 saturated heterocycles. The third-order valence-electron chi connectivity index (χ3n) is 7.05. The van der Waals surface area contributed by atoms with Gasteiger partial charge in [0, 0.05) is 45.2 Å². The van der Waals surface area contributed by atoms with E-state index in [-0.39, 0.29) is 16.7 Å². The van der Waals surface area contributed by atoms with Gasteiger partial charge in [-0.05, 0) is 54.2 Å². The number of piperidine rings is 1. The molecule has 0 saturated carbocycles. The van der Waals surface area contributed by atoms with Crippen LogP contribution in [0.1, 0.15) is 42.9 Å². The fraction of sp³-hybridized carbons (Fsp3) is 0.440. The van der Waals surface area contributed by atoms with E-state index >= 15 is 0 Å². The van der Waals surface area contributed by atoms with E-state index < -0.39 is 16.1 Å². The summed E-state index contributed by atoms with van der Waals surface area (Å²) in [6.45, 7) is 3.68. The highest BCUT2D eigenvalue weighted by molar-refractivity contribution is 7.89. The maximum absolute atomic E-state index is 13.5. The number of hydrogen-bond acceptors (Lipinski definition) is 4. The van der Waals surface area contributed by atoms with Crippen LogP contribution < -0.4 is 4.90 Å². The van der Waals surface area contributed by atoms with Crippen LogP contribution >= 0.6 is 0 Å². The quantitative estimate of drug-likeness (QED) is 0.696. The van der Waals surface area contributed by atoms with Gasteiger partial charge in [0.25, 0.3) is 0 Å². The first-order valence-corrected chi connectivity index (χ1v) is 13.1. The van der Waals surface area contributed by atoms with Crippen molar-refractivity contribution in [3.05, 3.63) is 59.2 Å². The molecule has 2 amide bonds. The molecular formula is C25H29N3O4S. The van der Waals surface area contributed by atoms with Crippen molar-refractivity contribution in [3.8, 4) is 0 Å². The van der Waals surface area contributed by atoms with Crippen LogP contribution in [0.4, 0.5) is 5.69 Å². The molecule has 0 spiro atoms. The lowest BCUT2D eigenvalue weighted by atomic mass is 9.99. The predicted octanol–water partition coefficient (Wildman–Crippen LogP) is 2.72. The van der Waals surface area contributed by atoms with Crippen molar-refractivity contribution in [2.24, 2.45) is 0 Å². The van der Waals surface area contributed by atoms with Crippen LogP contribution in [-0.4, -0.2) is 55.1 Å². The first-order chi connectivity index (χ1) is 15.9. The number of anilines is 1. The van der Waals surface area contributed by atoms with Crippen molar-refractivity contribution in [1.29, 1.82) is 0 Å². The summed E-state index contributed by atoms with van der Waals surface area (Å²) >= 11 is 0. The van der Waals surface area contributed by atoms with Crippen LogP contribution in [0, 0.1) is 0 Å². The van der Waals surface area contributed by atoms with Crippen molar-refractivity contribution < 1.29 is 18.0 Å². The minimum absolute atomic E-state index is 0.0867. The van der Waals surface area contributed by atoms with E-state index in [1.54, 1.807) is 22.5 Å². The second-order valence-electron chi connectivity index (χ2n) is 9.14. The van der Waals surface area contributed by atoms with E-state index in [1.807, 2.05) is 23.1 Å². The molecule has 1 atom stereocenters. The van der Waals surface area contributed by atoms with Crippen LogP contribution in [0.2, 0.25) is 0 Å². The summed E-state index contributed by atoms with van der Waals surface area (Å²) in [5.41, 5.74) is 3.76. The number of sulfonamides is 1. The number of hydrogen-bond donors (Lipinski definition) is 0. The zero-order valence-electron chi connectivity index (χ0n) is 18.9. The average Bonchev–Trinajstić information content (AvgIpc) is 3.23. The van der Waals surface area contributed by atoms with Gasteiger partial charge in [0.05, 0.1) is 4.90 Å². The van der Waals surface area contributed by atoms with Crippen LogP contribution in [0.25, 0.3) is 0 Å². The Hall–Kier alpha value is -2.71. The summed E-state index contributed by atoms with van der Waals surface area (Å²) in [6, 6.07) is 12.4. The van der Waals surface area contributed by atoms with Gasteiger partial charge < -0.3 is 4.90 Å². The lowest BCUT2D eigenvalue weighted by molar-refractivity contribution is -0.135. The molecule has 3 aliphatic rings. The summed E-state index contributed by atoms with van der Waals surface area (Å²) in [4.78, 5) is 29.7. The standard InChI is InChI=1S/C25H29N3O4S/c1-18(29)28-23-10-9-22(33(31,32)27-12-5-2-6-13-27)15-21(23)16-24(28)25(30)26-14-11-19-7-3-4-8-20(19)17-26/h3-4,7-10,15,24H,2,5-6,11-14,16-17H2,1H3/t24-/m0/s1. The molecule has 2 aromatic rings. The molecule has 2 aromatic carbocycles. The fourth-order valence-electron chi connectivity index (χ4n) is 5.32. The highest BCUT2D eigenvalue weighted by atomic mass is 32.2. The maximum atomic E-state index is 13.5. The zero-order valence-corrected chi connectivity index (χ0v) is 19.7. The van der Waals surface area contributed by atoms with Crippen molar-refractivity contribution in [2.75, 3.05) is 24.5 Å². The van der Waals surface area contributed by atoms with Crippen molar-refractivity contribution in [1.82, 2.24) is 9.21 Å². The summed E-state index contributed by atoms with van der Waals surface area (Å²) in [7, 11) is -3.58. The number of carbonyl (C=O) groups excluding carboxylic acids is 2. The van der Waals surface area contributed by atoms with Crippen LogP contribution in [0.3, 0.4) is 0 Å². The van der Waals surface area contributed by atoms with E-state index in [1.165, 1.54) is 17.4 Å². The number of carbonyl (C=O) groups is 2. The number of nitrogens with zero attached hydrogens (tertiary/aromatic N) is 3. The van der Waals surface area contributed by atoms with Gasteiger partial charge in [-0.15, -0.1) is 0 Å². The van der Waals surface area contributed by atoms with Crippen LogP contribution in [0.5, 0.6) is 0 Å². The molecule has 5 rings (SSSR count). The second-order valence-corrected chi connectivity index (χ2v) is 11.1. The lowest BCUT2D eigenvalue weighted by Gasteiger charge is -2.33. The van der Waals surface area contributed by atoms with Gasteiger partial charge in [-0.1, -0.05) is 30.7 Å². The topological polar surface area (TPSA) is 78.0 Å². The number of benzene rings is 2. The second kappa shape index (κ2) is 8.57. The molecular weight excluding hydrogens is 438 g/mol. The Bertz CT molecular complexity index is 1200. The first kappa shape index (κ1) is 22.1. The van der Waals surface area contributed by atoms with Crippen LogP contribution in [-0.2, 0) is 39.0 Å². The molecule has 0 aliphatic carbocycles. The fourth-order valence-corrected chi connectivity index (χ4v) is 6.89. The molecule has 0 unspecified atom stereocenters. The maximum Gasteiger partial charge on any atom is 0.246 e. The minimum Gasteiger partial charge on any atom is -0.336 e. The Morgan fingerprint density at radius 3 is 2.36 bits per heavy atom. The highest BCUT2D eigenvalue weighted by Crippen LogP contribution is 2.36. The third-order valence-corrected chi connectivity index (χ3v) is 8.95. The Morgan fingerprint density at radius 1 is 0.909 bits per heavy atom. The molecule has 0 N–H and O–H groups in total. The Kier molecular flexibility index (Phi) is 5.74. The summed E-state index contributed by atoms with van der Waals surface area (Å²) in [5, 5.41) is 0. The van der Waals surface area contributed by atoms with Gasteiger partial charge >= 0.3 is 0 Å². The Morgan fingerprint density at radius 2 is 1.64 bits per heavy atom. The van der Waals surface area contributed by atoms with Gasteiger partial charge in [0.15, 0.2) is 0 Å². The molecule has 0 radical (unpaired) electrons. The summed E-state index contributed by atoms with van der Waals surface area (Å²) in [5.74, 6) is -0.299. The smallest absolute Gasteiger partial charge is 0.246 e. The monoisotopic (exact) mass is 467 g/mol. The Labute approximate surface area is 195 Å². The van der Waals surface area contributed by atoms with Gasteiger partial charge in [-0.3, -0.25) is 14.5 Å². The molecule has 3 heterocycles. The molecule has 0 aromatic heterocycles. The average molecular weight is 468 g/mol. The third kappa shape index (κ3) is 3.95. The SMILES string of the molecule is CC(=O)N1c2ccc(S(=O)(=O)N3CCCCC3)cc2C[C@H]1C(=O)N1CCc2ccccc2C1. The van der Waals surface area contributed by atoms with E-state index in [4.69, 9.17) is 0 Å². The summed E-state index contributed by atoms with van der Waals surface area (Å²) in [6.07, 6.45) is 3.92. The first-order valence-electron chi connectivity index (χ1n) is 11.6. The highest BCUT2D eigenvalue weighted by Gasteiger charge is 2.40. The van der Waals surface area contributed by atoms with Crippen molar-refractivity contribution in [3.63, 3.8) is 0 Å². The molecule has 3 aliphatic heterocycles. The molecule has 33 heavy (non-hydrogen) atoms. The van der Waals surface area contributed by atoms with E-state index in [0.717, 1.165) is 36.8 Å². The van der Waals surface area contributed by atoms with E-state index in [2.05, 4.69) is 6.07 Å². The number of fused-ring (bicyclic) bond motifs is 2. The van der Waals surface area contributed by atoms with Gasteiger partial charge in [0.1, 0.15) is 6.04 Å². The molecule has 0 bridgehead atoms. The minimum atomic E-state index is -3.58. The summed E-state index contributed by atoms with van der Waals surface area (Å²) < 4.78 is 27.8. The zero-order chi connectivity index (χ0) is 23.2. The van der Waals surface area contributed by atoms with Gasteiger partial charge in [-0.2, -0.15) is 4.31 Å². The van der Waals surface area contributed by atoms with E-state index in [0.29, 0.717) is 38.3 Å². The van der Waals surface area contributed by atoms with Crippen molar-refractivity contribution >= 4 is 27.5 Å². The van der Waals surface area contributed by atoms with Gasteiger partial charge in [-0.25, -0.2) is 8.42 Å².